The van der Waals surface area contributed by atoms with E-state index in [1.165, 1.54) is 13.3 Å². The van der Waals surface area contributed by atoms with Crippen LogP contribution in [0.3, 0.4) is 0 Å². The van der Waals surface area contributed by atoms with Gasteiger partial charge in [-0.05, 0) is 66.8 Å². The first-order valence-electron chi connectivity index (χ1n) is 11.7. The molecule has 3 N–H and O–H groups in total. The summed E-state index contributed by atoms with van der Waals surface area (Å²) in [6, 6.07) is 20.4. The topological polar surface area (TPSA) is 118 Å². The number of nitrogens with one attached hydrogen (secondary N) is 3. The van der Waals surface area contributed by atoms with Crippen LogP contribution in [0.4, 0.5) is 5.69 Å². The maximum atomic E-state index is 12.3. The highest BCUT2D eigenvalue weighted by atomic mass is 16.5. The van der Waals surface area contributed by atoms with E-state index in [9.17, 15) is 14.4 Å². The van der Waals surface area contributed by atoms with Crippen LogP contribution in [-0.2, 0) is 20.8 Å². The van der Waals surface area contributed by atoms with Crippen LogP contribution >= 0.6 is 0 Å². The standard InChI is InChI=1S/C28H30N4O5/c1-19-9-10-20(2)23(15-19)31-26(33)18-37-24-12-11-22(16-25(24)36-3)17-30-32-28(35)27(34)29-14-13-21-7-5-4-6-8-21/h4-12,15-17H,13-14,18H2,1-3H3,(H,29,34)(H,31,33)(H,32,35)/b30-17-. The number of rotatable bonds is 10. The van der Waals surface area contributed by atoms with Gasteiger partial charge in [-0.25, -0.2) is 5.43 Å². The lowest BCUT2D eigenvalue weighted by Gasteiger charge is -2.12. The molecule has 0 unspecified atom stereocenters. The number of ether oxygens (including phenoxy) is 2. The molecule has 0 heterocycles. The molecular weight excluding hydrogens is 472 g/mol. The zero-order valence-corrected chi connectivity index (χ0v) is 21.0. The molecule has 0 atom stereocenters. The molecule has 9 nitrogen and oxygen atoms in total. The molecule has 3 aromatic rings. The van der Waals surface area contributed by atoms with Crippen molar-refractivity contribution in [2.24, 2.45) is 5.10 Å². The van der Waals surface area contributed by atoms with Crippen molar-refractivity contribution in [1.82, 2.24) is 10.7 Å². The molecule has 0 spiro atoms. The van der Waals surface area contributed by atoms with Gasteiger partial charge in [-0.2, -0.15) is 5.10 Å². The van der Waals surface area contributed by atoms with Crippen molar-refractivity contribution in [1.29, 1.82) is 0 Å². The SMILES string of the molecule is COc1cc(/C=N\NC(=O)C(=O)NCCc2ccccc2)ccc1OCC(=O)Nc1cc(C)ccc1C. The van der Waals surface area contributed by atoms with Crippen LogP contribution in [0.2, 0.25) is 0 Å². The van der Waals surface area contributed by atoms with Crippen LogP contribution < -0.4 is 25.5 Å². The molecule has 3 aromatic carbocycles. The van der Waals surface area contributed by atoms with E-state index in [0.29, 0.717) is 30.0 Å². The second-order valence-corrected chi connectivity index (χ2v) is 8.26. The summed E-state index contributed by atoms with van der Waals surface area (Å²) in [7, 11) is 1.47. The first-order valence-corrected chi connectivity index (χ1v) is 11.7. The van der Waals surface area contributed by atoms with Crippen molar-refractivity contribution in [2.75, 3.05) is 25.6 Å². The van der Waals surface area contributed by atoms with Crippen molar-refractivity contribution in [3.05, 3.63) is 89.0 Å². The van der Waals surface area contributed by atoms with Gasteiger partial charge in [0.15, 0.2) is 18.1 Å². The number of hydrazone groups is 1. The van der Waals surface area contributed by atoms with E-state index in [4.69, 9.17) is 9.47 Å². The minimum Gasteiger partial charge on any atom is -0.493 e. The lowest BCUT2D eigenvalue weighted by Crippen LogP contribution is -2.38. The Morgan fingerprint density at radius 3 is 2.46 bits per heavy atom. The lowest BCUT2D eigenvalue weighted by atomic mass is 10.1. The van der Waals surface area contributed by atoms with Crippen molar-refractivity contribution in [2.45, 2.75) is 20.3 Å². The normalized spacial score (nSPS) is 10.6. The number of aryl methyl sites for hydroxylation is 2. The monoisotopic (exact) mass is 502 g/mol. The Hall–Kier alpha value is -4.66. The Balaban J connectivity index is 1.47. The number of nitrogens with zero attached hydrogens (tertiary/aromatic N) is 1. The van der Waals surface area contributed by atoms with Gasteiger partial charge in [0.05, 0.1) is 13.3 Å². The second kappa shape index (κ2) is 13.4. The van der Waals surface area contributed by atoms with Crippen LogP contribution in [0.15, 0.2) is 71.8 Å². The van der Waals surface area contributed by atoms with E-state index in [-0.39, 0.29) is 12.5 Å². The van der Waals surface area contributed by atoms with E-state index in [1.54, 1.807) is 18.2 Å². The fourth-order valence-corrected chi connectivity index (χ4v) is 3.35. The summed E-state index contributed by atoms with van der Waals surface area (Å²) < 4.78 is 11.0. The fraction of sp³-hybridized carbons (Fsp3) is 0.214. The van der Waals surface area contributed by atoms with Gasteiger partial charge in [0.2, 0.25) is 0 Å². The van der Waals surface area contributed by atoms with E-state index in [1.807, 2.05) is 62.4 Å². The zero-order chi connectivity index (χ0) is 26.6. The summed E-state index contributed by atoms with van der Waals surface area (Å²) in [5.41, 5.74) is 6.58. The molecule has 0 saturated carbocycles. The molecule has 0 saturated heterocycles. The lowest BCUT2D eigenvalue weighted by molar-refractivity contribution is -0.139. The number of carbonyl (C=O) groups is 3. The highest BCUT2D eigenvalue weighted by Gasteiger charge is 2.12. The maximum absolute atomic E-state index is 12.3. The van der Waals surface area contributed by atoms with E-state index >= 15 is 0 Å². The summed E-state index contributed by atoms with van der Waals surface area (Å²) in [6.45, 7) is 4.00. The molecular formula is C28H30N4O5. The maximum Gasteiger partial charge on any atom is 0.329 e. The second-order valence-electron chi connectivity index (χ2n) is 8.26. The van der Waals surface area contributed by atoms with Crippen LogP contribution in [0.25, 0.3) is 0 Å². The van der Waals surface area contributed by atoms with Gasteiger partial charge in [-0.15, -0.1) is 0 Å². The summed E-state index contributed by atoms with van der Waals surface area (Å²) in [5.74, 6) is -1.18. The molecule has 192 valence electrons. The number of carbonyl (C=O) groups excluding carboxylic acids is 3. The van der Waals surface area contributed by atoms with E-state index in [2.05, 4.69) is 21.2 Å². The molecule has 0 fully saturated rings. The van der Waals surface area contributed by atoms with E-state index < -0.39 is 11.8 Å². The van der Waals surface area contributed by atoms with Gasteiger partial charge >= 0.3 is 11.8 Å². The van der Waals surface area contributed by atoms with Crippen molar-refractivity contribution < 1.29 is 23.9 Å². The zero-order valence-electron chi connectivity index (χ0n) is 21.0. The molecule has 0 aliphatic carbocycles. The number of methoxy groups -OCH3 is 1. The summed E-state index contributed by atoms with van der Waals surface area (Å²) in [5, 5.41) is 9.22. The number of hydrogen-bond donors (Lipinski definition) is 3. The summed E-state index contributed by atoms with van der Waals surface area (Å²) >= 11 is 0. The number of amides is 3. The van der Waals surface area contributed by atoms with Crippen molar-refractivity contribution >= 4 is 29.6 Å². The Bertz CT molecular complexity index is 1270. The smallest absolute Gasteiger partial charge is 0.329 e. The Morgan fingerprint density at radius 1 is 0.919 bits per heavy atom. The van der Waals surface area contributed by atoms with Crippen molar-refractivity contribution in [3.8, 4) is 11.5 Å². The predicted octanol–water partition coefficient (Wildman–Crippen LogP) is 3.14. The van der Waals surface area contributed by atoms with Crippen LogP contribution in [0, 0.1) is 13.8 Å². The molecule has 9 heteroatoms. The molecule has 0 radical (unpaired) electrons. The van der Waals surface area contributed by atoms with Gasteiger partial charge in [0, 0.05) is 12.2 Å². The number of hydrogen-bond acceptors (Lipinski definition) is 6. The molecule has 0 bridgehead atoms. The molecule has 0 aliphatic rings. The quantitative estimate of drug-likeness (QED) is 0.224. The van der Waals surface area contributed by atoms with Gasteiger partial charge in [-0.3, -0.25) is 14.4 Å². The van der Waals surface area contributed by atoms with Gasteiger partial charge in [0.25, 0.3) is 5.91 Å². The van der Waals surface area contributed by atoms with Gasteiger partial charge < -0.3 is 20.1 Å². The first kappa shape index (κ1) is 26.9. The molecule has 3 rings (SSSR count). The Morgan fingerprint density at radius 2 is 1.70 bits per heavy atom. The highest BCUT2D eigenvalue weighted by molar-refractivity contribution is 6.35. The Labute approximate surface area is 215 Å². The predicted molar refractivity (Wildman–Crippen MR) is 142 cm³/mol. The minimum atomic E-state index is -0.869. The minimum absolute atomic E-state index is 0.202. The van der Waals surface area contributed by atoms with Crippen LogP contribution in [-0.4, -0.2) is 44.2 Å². The molecule has 3 amide bonds. The fourth-order valence-electron chi connectivity index (χ4n) is 3.35. The third-order valence-corrected chi connectivity index (χ3v) is 5.34. The number of benzene rings is 3. The third-order valence-electron chi connectivity index (χ3n) is 5.34. The van der Waals surface area contributed by atoms with Gasteiger partial charge in [0.1, 0.15) is 0 Å². The summed E-state index contributed by atoms with van der Waals surface area (Å²) in [4.78, 5) is 36.2. The Kier molecular flexibility index (Phi) is 9.78. The van der Waals surface area contributed by atoms with Crippen LogP contribution in [0.5, 0.6) is 11.5 Å². The molecule has 0 aliphatic heterocycles. The average molecular weight is 503 g/mol. The summed E-state index contributed by atoms with van der Waals surface area (Å²) in [6.07, 6.45) is 1.99. The molecule has 37 heavy (non-hydrogen) atoms. The molecule has 0 aromatic heterocycles. The van der Waals surface area contributed by atoms with E-state index in [0.717, 1.165) is 22.4 Å². The van der Waals surface area contributed by atoms with Crippen molar-refractivity contribution in [3.63, 3.8) is 0 Å². The number of anilines is 1. The average Bonchev–Trinajstić information content (AvgIpc) is 2.90. The van der Waals surface area contributed by atoms with Gasteiger partial charge in [-0.1, -0.05) is 42.5 Å². The highest BCUT2D eigenvalue weighted by Crippen LogP contribution is 2.27. The first-order chi connectivity index (χ1) is 17.9. The third kappa shape index (κ3) is 8.50. The van der Waals surface area contributed by atoms with Crippen LogP contribution in [0.1, 0.15) is 22.3 Å². The largest absolute Gasteiger partial charge is 0.493 e.